The number of hydrogen-bond acceptors (Lipinski definition) is 5. The van der Waals surface area contributed by atoms with Gasteiger partial charge in [0, 0.05) is 35.1 Å². The fraction of sp³-hybridized carbons (Fsp3) is 0.150. The molecular weight excluding hydrogens is 389 g/mol. The van der Waals surface area contributed by atoms with Crippen LogP contribution in [0.25, 0.3) is 5.76 Å². The molecule has 0 aromatic heterocycles. The standard InChI is InChI=1S/C20H15ClFNO5/c21-12-7-5-11(6-8-12)18(26)16-17(13-3-1-2-4-14(13)22)23(10-9-15(24)25)20(28)19(16)27/h1-8,17,26H,9-10H2,(H,24,25)/p-1/b18-16+/t17-/m1/s1. The second-order valence-corrected chi connectivity index (χ2v) is 6.58. The van der Waals surface area contributed by atoms with Crippen LogP contribution in [-0.4, -0.2) is 34.2 Å². The number of aliphatic hydroxyl groups is 1. The van der Waals surface area contributed by atoms with Crippen molar-refractivity contribution in [2.45, 2.75) is 12.5 Å². The Hall–Kier alpha value is -3.19. The molecule has 6 nitrogen and oxygen atoms in total. The van der Waals surface area contributed by atoms with Gasteiger partial charge in [-0.25, -0.2) is 4.39 Å². The van der Waals surface area contributed by atoms with Gasteiger partial charge in [0.15, 0.2) is 0 Å². The van der Waals surface area contributed by atoms with Gasteiger partial charge in [-0.3, -0.25) is 9.59 Å². The Labute approximate surface area is 164 Å². The van der Waals surface area contributed by atoms with E-state index in [1.807, 2.05) is 0 Å². The Bertz CT molecular complexity index is 986. The topological polar surface area (TPSA) is 97.7 Å². The largest absolute Gasteiger partial charge is 0.550 e. The van der Waals surface area contributed by atoms with Gasteiger partial charge in [-0.1, -0.05) is 29.8 Å². The molecule has 0 unspecified atom stereocenters. The third-order valence-corrected chi connectivity index (χ3v) is 4.67. The van der Waals surface area contributed by atoms with Crippen molar-refractivity contribution >= 4 is 35.0 Å². The number of benzene rings is 2. The number of likely N-dealkylation sites (tertiary alicyclic amines) is 1. The summed E-state index contributed by atoms with van der Waals surface area (Å²) < 4.78 is 14.5. The number of ketones is 1. The summed E-state index contributed by atoms with van der Waals surface area (Å²) in [5, 5.41) is 21.9. The summed E-state index contributed by atoms with van der Waals surface area (Å²) in [6.07, 6.45) is -0.543. The van der Waals surface area contributed by atoms with Gasteiger partial charge in [-0.2, -0.15) is 0 Å². The Kier molecular flexibility index (Phi) is 5.46. The molecule has 1 heterocycles. The molecule has 1 N–H and O–H groups in total. The zero-order chi connectivity index (χ0) is 20.4. The number of rotatable bonds is 5. The molecular formula is C20H14ClFNO5-. The molecule has 0 spiro atoms. The van der Waals surface area contributed by atoms with Crippen molar-refractivity contribution in [3.63, 3.8) is 0 Å². The summed E-state index contributed by atoms with van der Waals surface area (Å²) in [6.45, 7) is -0.372. The van der Waals surface area contributed by atoms with Crippen LogP contribution < -0.4 is 5.11 Å². The molecule has 28 heavy (non-hydrogen) atoms. The number of carboxylic acid groups (broad SMARTS) is 1. The molecule has 0 radical (unpaired) electrons. The first-order chi connectivity index (χ1) is 13.3. The van der Waals surface area contributed by atoms with Crippen LogP contribution in [0.4, 0.5) is 4.39 Å². The number of halogens is 2. The second-order valence-electron chi connectivity index (χ2n) is 6.14. The molecule has 0 saturated carbocycles. The number of hydrogen-bond donors (Lipinski definition) is 1. The van der Waals surface area contributed by atoms with Crippen LogP contribution in [0.2, 0.25) is 5.02 Å². The number of nitrogens with zero attached hydrogens (tertiary/aromatic N) is 1. The van der Waals surface area contributed by atoms with Crippen LogP contribution in [0, 0.1) is 5.82 Å². The van der Waals surface area contributed by atoms with E-state index in [1.54, 1.807) is 0 Å². The first kappa shape index (κ1) is 19.6. The Morgan fingerprint density at radius 3 is 2.39 bits per heavy atom. The number of carbonyl (C=O) groups excluding carboxylic acids is 3. The fourth-order valence-electron chi connectivity index (χ4n) is 3.11. The summed E-state index contributed by atoms with van der Waals surface area (Å²) in [5.41, 5.74) is -0.144. The second kappa shape index (κ2) is 7.82. The molecule has 2 aromatic carbocycles. The molecule has 144 valence electrons. The zero-order valence-corrected chi connectivity index (χ0v) is 15.1. The molecule has 1 aliphatic rings. The van der Waals surface area contributed by atoms with Gasteiger partial charge in [0.2, 0.25) is 0 Å². The molecule has 1 saturated heterocycles. The number of carboxylic acids is 1. The van der Waals surface area contributed by atoms with E-state index in [2.05, 4.69) is 0 Å². The third-order valence-electron chi connectivity index (χ3n) is 4.41. The highest BCUT2D eigenvalue weighted by Gasteiger charge is 2.46. The van der Waals surface area contributed by atoms with Crippen LogP contribution in [0.1, 0.15) is 23.6 Å². The van der Waals surface area contributed by atoms with E-state index in [0.29, 0.717) is 5.02 Å². The zero-order valence-electron chi connectivity index (χ0n) is 14.4. The lowest BCUT2D eigenvalue weighted by molar-refractivity contribution is -0.305. The van der Waals surface area contributed by atoms with Crippen molar-refractivity contribution in [1.82, 2.24) is 4.90 Å². The van der Waals surface area contributed by atoms with Crippen molar-refractivity contribution in [1.29, 1.82) is 0 Å². The SMILES string of the molecule is O=C([O-])CCN1C(=O)C(=O)/C(=C(/O)c2ccc(Cl)cc2)[C@H]1c1ccccc1F. The minimum absolute atomic E-state index is 0.0319. The van der Waals surface area contributed by atoms with Crippen LogP contribution in [0.3, 0.4) is 0 Å². The van der Waals surface area contributed by atoms with Crippen molar-refractivity contribution in [3.05, 3.63) is 76.1 Å². The predicted octanol–water partition coefficient (Wildman–Crippen LogP) is 2.04. The smallest absolute Gasteiger partial charge is 0.295 e. The van der Waals surface area contributed by atoms with Gasteiger partial charge >= 0.3 is 0 Å². The van der Waals surface area contributed by atoms with E-state index in [0.717, 1.165) is 11.0 Å². The summed E-state index contributed by atoms with van der Waals surface area (Å²) in [4.78, 5) is 36.9. The average molecular weight is 403 g/mol. The molecule has 2 aromatic rings. The van der Waals surface area contributed by atoms with E-state index in [1.165, 1.54) is 42.5 Å². The van der Waals surface area contributed by atoms with Gasteiger partial charge in [0.05, 0.1) is 11.6 Å². The van der Waals surface area contributed by atoms with E-state index >= 15 is 0 Å². The van der Waals surface area contributed by atoms with Gasteiger partial charge < -0.3 is 19.9 Å². The van der Waals surface area contributed by atoms with Crippen LogP contribution in [-0.2, 0) is 14.4 Å². The van der Waals surface area contributed by atoms with E-state index in [-0.39, 0.29) is 23.2 Å². The minimum Gasteiger partial charge on any atom is -0.550 e. The molecule has 1 aliphatic heterocycles. The van der Waals surface area contributed by atoms with Crippen LogP contribution >= 0.6 is 11.6 Å². The van der Waals surface area contributed by atoms with Crippen LogP contribution in [0.5, 0.6) is 0 Å². The number of Topliss-reactive ketones (excluding diaryl/α,β-unsaturated/α-hetero) is 1. The maximum Gasteiger partial charge on any atom is 0.295 e. The maximum absolute atomic E-state index is 14.5. The first-order valence-electron chi connectivity index (χ1n) is 8.30. The molecule has 1 amide bonds. The lowest BCUT2D eigenvalue weighted by Gasteiger charge is -2.25. The Morgan fingerprint density at radius 2 is 1.79 bits per heavy atom. The van der Waals surface area contributed by atoms with Gasteiger partial charge in [0.1, 0.15) is 11.6 Å². The van der Waals surface area contributed by atoms with Crippen molar-refractivity contribution in [2.24, 2.45) is 0 Å². The minimum atomic E-state index is -1.42. The number of aliphatic hydroxyl groups excluding tert-OH is 1. The van der Waals surface area contributed by atoms with E-state index in [9.17, 15) is 29.0 Å². The summed E-state index contributed by atoms with van der Waals surface area (Å²) >= 11 is 5.83. The van der Waals surface area contributed by atoms with Crippen LogP contribution in [0.15, 0.2) is 54.1 Å². The molecule has 0 bridgehead atoms. The average Bonchev–Trinajstić information content (AvgIpc) is 2.91. The van der Waals surface area contributed by atoms with Gasteiger partial charge in [-0.05, 0) is 30.3 Å². The van der Waals surface area contributed by atoms with E-state index in [4.69, 9.17) is 11.6 Å². The van der Waals surface area contributed by atoms with Crippen molar-refractivity contribution in [3.8, 4) is 0 Å². The summed E-state index contributed by atoms with van der Waals surface area (Å²) in [7, 11) is 0. The summed E-state index contributed by atoms with van der Waals surface area (Å²) in [6, 6.07) is 10.1. The lowest BCUT2D eigenvalue weighted by atomic mass is 9.95. The highest BCUT2D eigenvalue weighted by molar-refractivity contribution is 6.46. The number of aliphatic carboxylic acids is 1. The van der Waals surface area contributed by atoms with Gasteiger partial charge in [-0.15, -0.1) is 0 Å². The molecule has 1 fully saturated rings. The molecule has 8 heteroatoms. The maximum atomic E-state index is 14.5. The molecule has 1 atom stereocenters. The number of amides is 1. The first-order valence-corrected chi connectivity index (χ1v) is 8.67. The van der Waals surface area contributed by atoms with Crippen molar-refractivity contribution < 1.29 is 29.0 Å². The number of carbonyl (C=O) groups is 3. The Morgan fingerprint density at radius 1 is 1.14 bits per heavy atom. The lowest BCUT2D eigenvalue weighted by Crippen LogP contribution is -2.35. The quantitative estimate of drug-likeness (QED) is 0.469. The third kappa shape index (κ3) is 3.61. The highest BCUT2D eigenvalue weighted by atomic mass is 35.5. The highest BCUT2D eigenvalue weighted by Crippen LogP contribution is 2.40. The fourth-order valence-corrected chi connectivity index (χ4v) is 3.23. The van der Waals surface area contributed by atoms with Crippen molar-refractivity contribution in [2.75, 3.05) is 6.54 Å². The summed E-state index contributed by atoms with van der Waals surface area (Å²) in [5.74, 6) is -4.68. The predicted molar refractivity (Wildman–Crippen MR) is 96.5 cm³/mol. The van der Waals surface area contributed by atoms with Gasteiger partial charge in [0.25, 0.3) is 11.7 Å². The normalized spacial score (nSPS) is 18.5. The molecule has 0 aliphatic carbocycles. The Balaban J connectivity index is 2.18. The van der Waals surface area contributed by atoms with E-state index < -0.39 is 41.7 Å². The monoisotopic (exact) mass is 402 g/mol. The molecule has 3 rings (SSSR count).